The highest BCUT2D eigenvalue weighted by molar-refractivity contribution is 5.95. The SMILES string of the molecule is CCOC(=O)C1=C(COc2ccc(F)cc2)NC(=O)N[C@H]1c1cc(C)ccc1C. The molecule has 2 N–H and O–H groups in total. The molecule has 2 aromatic carbocycles. The Balaban J connectivity index is 2.00. The van der Waals surface area contributed by atoms with Gasteiger partial charge in [0, 0.05) is 0 Å². The number of hydrogen-bond acceptors (Lipinski definition) is 4. The van der Waals surface area contributed by atoms with Crippen LogP contribution in [-0.2, 0) is 9.53 Å². The molecule has 0 spiro atoms. The van der Waals surface area contributed by atoms with Gasteiger partial charge in [0.1, 0.15) is 18.2 Å². The van der Waals surface area contributed by atoms with Crippen LogP contribution in [0.15, 0.2) is 53.7 Å². The number of hydrogen-bond donors (Lipinski definition) is 2. The van der Waals surface area contributed by atoms with Crippen molar-refractivity contribution in [1.82, 2.24) is 10.6 Å². The number of benzene rings is 2. The summed E-state index contributed by atoms with van der Waals surface area (Å²) in [5.74, 6) is -0.504. The number of esters is 1. The minimum absolute atomic E-state index is 0.0748. The highest BCUT2D eigenvalue weighted by atomic mass is 19.1. The van der Waals surface area contributed by atoms with Crippen LogP contribution in [0, 0.1) is 19.7 Å². The summed E-state index contributed by atoms with van der Waals surface area (Å²) >= 11 is 0. The zero-order valence-electron chi connectivity index (χ0n) is 16.5. The Morgan fingerprint density at radius 2 is 1.86 bits per heavy atom. The van der Waals surface area contributed by atoms with Crippen molar-refractivity contribution in [3.63, 3.8) is 0 Å². The molecule has 29 heavy (non-hydrogen) atoms. The largest absolute Gasteiger partial charge is 0.487 e. The summed E-state index contributed by atoms with van der Waals surface area (Å²) in [4.78, 5) is 25.1. The molecular formula is C22H23FN2O4. The molecule has 1 aliphatic rings. The molecule has 1 atom stereocenters. The summed E-state index contributed by atoms with van der Waals surface area (Å²) in [6.45, 7) is 5.70. The highest BCUT2D eigenvalue weighted by Gasteiger charge is 2.34. The molecule has 2 amide bonds. The molecule has 0 unspecified atom stereocenters. The first-order valence-corrected chi connectivity index (χ1v) is 9.32. The minimum Gasteiger partial charge on any atom is -0.487 e. The average Bonchev–Trinajstić information content (AvgIpc) is 2.69. The number of nitrogens with one attached hydrogen (secondary N) is 2. The molecule has 6 nitrogen and oxygen atoms in total. The van der Waals surface area contributed by atoms with Crippen LogP contribution < -0.4 is 15.4 Å². The van der Waals surface area contributed by atoms with Crippen LogP contribution in [0.5, 0.6) is 5.75 Å². The second-order valence-corrected chi connectivity index (χ2v) is 6.75. The second kappa shape index (κ2) is 8.77. The molecule has 0 radical (unpaired) electrons. The summed E-state index contributed by atoms with van der Waals surface area (Å²) in [5, 5.41) is 5.46. The summed E-state index contributed by atoms with van der Waals surface area (Å²) in [5.41, 5.74) is 3.33. The summed E-state index contributed by atoms with van der Waals surface area (Å²) in [7, 11) is 0. The van der Waals surface area contributed by atoms with Crippen LogP contribution >= 0.6 is 0 Å². The van der Waals surface area contributed by atoms with E-state index in [0.717, 1.165) is 16.7 Å². The Bertz CT molecular complexity index is 954. The molecule has 0 fully saturated rings. The summed E-state index contributed by atoms with van der Waals surface area (Å²) in [6, 6.07) is 10.2. The molecule has 2 aromatic rings. The maximum Gasteiger partial charge on any atom is 0.338 e. The van der Waals surface area contributed by atoms with E-state index in [4.69, 9.17) is 9.47 Å². The van der Waals surface area contributed by atoms with Gasteiger partial charge in [-0.1, -0.05) is 23.8 Å². The van der Waals surface area contributed by atoms with Gasteiger partial charge in [-0.3, -0.25) is 0 Å². The van der Waals surface area contributed by atoms with Crippen molar-refractivity contribution < 1.29 is 23.5 Å². The third kappa shape index (κ3) is 4.74. The number of halogens is 1. The summed E-state index contributed by atoms with van der Waals surface area (Å²) in [6.07, 6.45) is 0. The topological polar surface area (TPSA) is 76.7 Å². The van der Waals surface area contributed by atoms with Gasteiger partial charge in [0.2, 0.25) is 0 Å². The molecule has 0 bridgehead atoms. The van der Waals surface area contributed by atoms with E-state index in [-0.39, 0.29) is 24.6 Å². The van der Waals surface area contributed by atoms with E-state index >= 15 is 0 Å². The number of ether oxygens (including phenoxy) is 2. The lowest BCUT2D eigenvalue weighted by molar-refractivity contribution is -0.139. The predicted molar refractivity (Wildman–Crippen MR) is 106 cm³/mol. The zero-order valence-corrected chi connectivity index (χ0v) is 16.5. The monoisotopic (exact) mass is 398 g/mol. The quantitative estimate of drug-likeness (QED) is 0.728. The van der Waals surface area contributed by atoms with Crippen LogP contribution in [0.4, 0.5) is 9.18 Å². The normalized spacial score (nSPS) is 16.1. The van der Waals surface area contributed by atoms with Gasteiger partial charge < -0.3 is 20.1 Å². The van der Waals surface area contributed by atoms with Crippen LogP contribution in [0.3, 0.4) is 0 Å². The standard InChI is InChI=1S/C22H23FN2O4/c1-4-28-21(26)19-18(12-29-16-9-7-15(23)8-10-16)24-22(27)25-20(19)17-11-13(2)5-6-14(17)3/h5-11,20H,4,12H2,1-3H3,(H2,24,25,27)/t20-/m0/s1. The lowest BCUT2D eigenvalue weighted by atomic mass is 9.91. The Kier molecular flexibility index (Phi) is 6.16. The van der Waals surface area contributed by atoms with E-state index in [1.54, 1.807) is 6.92 Å². The van der Waals surface area contributed by atoms with Crippen molar-refractivity contribution in [3.8, 4) is 5.75 Å². The molecule has 7 heteroatoms. The third-order valence-electron chi connectivity index (χ3n) is 4.59. The first kappa shape index (κ1) is 20.4. The first-order valence-electron chi connectivity index (χ1n) is 9.32. The van der Waals surface area contributed by atoms with Crippen molar-refractivity contribution in [2.45, 2.75) is 26.8 Å². The highest BCUT2D eigenvalue weighted by Crippen LogP contribution is 2.31. The molecule has 0 saturated heterocycles. The van der Waals surface area contributed by atoms with E-state index in [0.29, 0.717) is 11.4 Å². The van der Waals surface area contributed by atoms with Gasteiger partial charge in [-0.2, -0.15) is 0 Å². The Labute approximate surface area is 168 Å². The van der Waals surface area contributed by atoms with Crippen molar-refractivity contribution in [2.75, 3.05) is 13.2 Å². The molecule has 0 aliphatic carbocycles. The van der Waals surface area contributed by atoms with Crippen LogP contribution in [0.1, 0.15) is 29.7 Å². The van der Waals surface area contributed by atoms with Crippen LogP contribution in [0.2, 0.25) is 0 Å². The maximum absolute atomic E-state index is 13.1. The molecule has 152 valence electrons. The van der Waals surface area contributed by atoms with Gasteiger partial charge in [0.15, 0.2) is 0 Å². The van der Waals surface area contributed by atoms with Gasteiger partial charge in [-0.05, 0) is 56.2 Å². The Morgan fingerprint density at radius 3 is 2.55 bits per heavy atom. The first-order chi connectivity index (χ1) is 13.9. The number of rotatable bonds is 6. The van der Waals surface area contributed by atoms with E-state index in [2.05, 4.69) is 10.6 Å². The van der Waals surface area contributed by atoms with Crippen molar-refractivity contribution in [3.05, 3.63) is 76.2 Å². The number of aryl methyl sites for hydroxylation is 2. The van der Waals surface area contributed by atoms with Gasteiger partial charge >= 0.3 is 12.0 Å². The lowest BCUT2D eigenvalue weighted by Gasteiger charge is -2.30. The van der Waals surface area contributed by atoms with E-state index in [9.17, 15) is 14.0 Å². The van der Waals surface area contributed by atoms with Gasteiger partial charge in [0.05, 0.1) is 23.9 Å². The van der Waals surface area contributed by atoms with Crippen LogP contribution in [-0.4, -0.2) is 25.2 Å². The van der Waals surface area contributed by atoms with E-state index in [1.165, 1.54) is 24.3 Å². The second-order valence-electron chi connectivity index (χ2n) is 6.75. The van der Waals surface area contributed by atoms with Crippen molar-refractivity contribution in [1.29, 1.82) is 0 Å². The van der Waals surface area contributed by atoms with Crippen molar-refractivity contribution in [2.24, 2.45) is 0 Å². The van der Waals surface area contributed by atoms with E-state index in [1.807, 2.05) is 32.0 Å². The Morgan fingerprint density at radius 1 is 1.14 bits per heavy atom. The Hall–Kier alpha value is -3.35. The van der Waals surface area contributed by atoms with Crippen LogP contribution in [0.25, 0.3) is 0 Å². The average molecular weight is 398 g/mol. The fourth-order valence-electron chi connectivity index (χ4n) is 3.17. The van der Waals surface area contributed by atoms with Gasteiger partial charge in [0.25, 0.3) is 0 Å². The third-order valence-corrected chi connectivity index (χ3v) is 4.59. The molecule has 1 heterocycles. The smallest absolute Gasteiger partial charge is 0.338 e. The van der Waals surface area contributed by atoms with Gasteiger partial charge in [-0.25, -0.2) is 14.0 Å². The number of carbonyl (C=O) groups excluding carboxylic acids is 2. The van der Waals surface area contributed by atoms with Gasteiger partial charge in [-0.15, -0.1) is 0 Å². The number of amides is 2. The fourth-order valence-corrected chi connectivity index (χ4v) is 3.17. The van der Waals surface area contributed by atoms with Crippen molar-refractivity contribution >= 4 is 12.0 Å². The molecule has 1 aliphatic heterocycles. The molecular weight excluding hydrogens is 375 g/mol. The number of carbonyl (C=O) groups is 2. The summed E-state index contributed by atoms with van der Waals surface area (Å²) < 4.78 is 24.0. The minimum atomic E-state index is -0.672. The fraction of sp³-hybridized carbons (Fsp3) is 0.273. The zero-order chi connectivity index (χ0) is 21.0. The lowest BCUT2D eigenvalue weighted by Crippen LogP contribution is -2.47. The maximum atomic E-state index is 13.1. The molecule has 3 rings (SSSR count). The predicted octanol–water partition coefficient (Wildman–Crippen LogP) is 3.69. The number of urea groups is 1. The molecule has 0 saturated carbocycles. The molecule has 0 aromatic heterocycles. The van der Waals surface area contributed by atoms with E-state index < -0.39 is 18.0 Å².